The van der Waals surface area contributed by atoms with Crippen LogP contribution in [0.2, 0.25) is 0 Å². The molecule has 2 aromatic carbocycles. The first-order valence-electron chi connectivity index (χ1n) is 9.08. The quantitative estimate of drug-likeness (QED) is 0.816. The van der Waals surface area contributed by atoms with Gasteiger partial charge in [0.2, 0.25) is 5.91 Å². The third kappa shape index (κ3) is 5.61. The molecule has 0 aromatic heterocycles. The Bertz CT molecular complexity index is 649. The second-order valence-corrected chi connectivity index (χ2v) is 6.46. The minimum absolute atomic E-state index is 0.0116. The van der Waals surface area contributed by atoms with Crippen LogP contribution in [0.1, 0.15) is 30.4 Å². The Morgan fingerprint density at radius 1 is 1.04 bits per heavy atom. The van der Waals surface area contributed by atoms with Crippen LogP contribution >= 0.6 is 0 Å². The number of carbonyl (C=O) groups excluding carboxylic acids is 1. The van der Waals surface area contributed by atoms with Gasteiger partial charge in [-0.2, -0.15) is 0 Å². The zero-order valence-corrected chi connectivity index (χ0v) is 14.5. The number of rotatable bonds is 7. The molecule has 2 N–H and O–H groups in total. The van der Waals surface area contributed by atoms with E-state index < -0.39 is 0 Å². The Balaban J connectivity index is 1.39. The Morgan fingerprint density at radius 2 is 1.84 bits per heavy atom. The first-order chi connectivity index (χ1) is 12.3. The van der Waals surface area contributed by atoms with Crippen LogP contribution in [-0.2, 0) is 17.8 Å². The molecule has 1 fully saturated rings. The van der Waals surface area contributed by atoms with Gasteiger partial charge in [-0.05, 0) is 49.1 Å². The molecule has 1 saturated heterocycles. The number of benzene rings is 2. The number of nitrogens with one attached hydrogen (secondary N) is 2. The largest absolute Gasteiger partial charge is 0.489 e. The lowest BCUT2D eigenvalue weighted by Gasteiger charge is -2.22. The van der Waals surface area contributed by atoms with Crippen molar-refractivity contribution in [3.8, 4) is 5.75 Å². The Hall–Kier alpha value is -2.33. The molecule has 3 rings (SSSR count). The summed E-state index contributed by atoms with van der Waals surface area (Å²) in [5, 5.41) is 6.30. The van der Waals surface area contributed by atoms with Gasteiger partial charge in [-0.15, -0.1) is 0 Å². The first-order valence-corrected chi connectivity index (χ1v) is 9.08. The zero-order chi connectivity index (χ0) is 17.3. The summed E-state index contributed by atoms with van der Waals surface area (Å²) in [6.45, 7) is 2.19. The van der Waals surface area contributed by atoms with Gasteiger partial charge in [-0.1, -0.05) is 48.9 Å². The second kappa shape index (κ2) is 9.23. The first kappa shape index (κ1) is 17.5. The molecule has 1 amide bonds. The van der Waals surface area contributed by atoms with E-state index in [9.17, 15) is 4.79 Å². The summed E-state index contributed by atoms with van der Waals surface area (Å²) in [4.78, 5) is 12.1. The molecule has 25 heavy (non-hydrogen) atoms. The van der Waals surface area contributed by atoms with Crippen LogP contribution in [-0.4, -0.2) is 25.0 Å². The molecule has 0 spiro atoms. The standard InChI is InChI=1S/C21H26N2O2/c24-21(20-8-4-5-14-22-20)23-15-13-17-9-11-19(12-10-17)25-16-18-6-2-1-3-7-18/h1-3,6-7,9-12,20,22H,4-5,8,13-16H2,(H,23,24)/t20-/m0/s1. The molecule has 1 atom stereocenters. The summed E-state index contributed by atoms with van der Waals surface area (Å²) >= 11 is 0. The van der Waals surface area contributed by atoms with Gasteiger partial charge >= 0.3 is 0 Å². The smallest absolute Gasteiger partial charge is 0.237 e. The van der Waals surface area contributed by atoms with Crippen LogP contribution < -0.4 is 15.4 Å². The predicted octanol–water partition coefficient (Wildman–Crippen LogP) is 3.07. The van der Waals surface area contributed by atoms with Gasteiger partial charge < -0.3 is 15.4 Å². The highest BCUT2D eigenvalue weighted by atomic mass is 16.5. The number of hydrogen-bond acceptors (Lipinski definition) is 3. The molecule has 0 unspecified atom stereocenters. The van der Waals surface area contributed by atoms with E-state index in [0.29, 0.717) is 13.2 Å². The van der Waals surface area contributed by atoms with Crippen LogP contribution in [0.25, 0.3) is 0 Å². The van der Waals surface area contributed by atoms with Gasteiger partial charge in [-0.25, -0.2) is 0 Å². The number of ether oxygens (including phenoxy) is 1. The fourth-order valence-corrected chi connectivity index (χ4v) is 3.02. The molecule has 1 aliphatic rings. The van der Waals surface area contributed by atoms with Gasteiger partial charge in [-0.3, -0.25) is 4.79 Å². The van der Waals surface area contributed by atoms with E-state index in [1.165, 1.54) is 12.0 Å². The van der Waals surface area contributed by atoms with Crippen molar-refractivity contribution >= 4 is 5.91 Å². The molecule has 0 saturated carbocycles. The minimum Gasteiger partial charge on any atom is -0.489 e. The number of piperidine rings is 1. The minimum atomic E-state index is -0.0116. The average molecular weight is 338 g/mol. The van der Waals surface area contributed by atoms with Crippen molar-refractivity contribution in [2.45, 2.75) is 38.3 Å². The van der Waals surface area contributed by atoms with E-state index in [1.54, 1.807) is 0 Å². The topological polar surface area (TPSA) is 50.4 Å². The second-order valence-electron chi connectivity index (χ2n) is 6.46. The van der Waals surface area contributed by atoms with E-state index in [0.717, 1.165) is 37.1 Å². The van der Waals surface area contributed by atoms with E-state index in [1.807, 2.05) is 30.3 Å². The fraction of sp³-hybridized carbons (Fsp3) is 0.381. The maximum Gasteiger partial charge on any atom is 0.237 e. The highest BCUT2D eigenvalue weighted by Crippen LogP contribution is 2.14. The molecular formula is C21H26N2O2. The van der Waals surface area contributed by atoms with Crippen molar-refractivity contribution < 1.29 is 9.53 Å². The van der Waals surface area contributed by atoms with Crippen molar-refractivity contribution in [1.82, 2.24) is 10.6 Å². The molecule has 4 nitrogen and oxygen atoms in total. The summed E-state index contributed by atoms with van der Waals surface area (Å²) in [5.41, 5.74) is 2.36. The third-order valence-corrected chi connectivity index (χ3v) is 4.51. The van der Waals surface area contributed by atoms with Gasteiger partial charge in [0, 0.05) is 6.54 Å². The molecule has 0 aliphatic carbocycles. The lowest BCUT2D eigenvalue weighted by molar-refractivity contribution is -0.123. The zero-order valence-electron chi connectivity index (χ0n) is 14.5. The van der Waals surface area contributed by atoms with Crippen LogP contribution in [0.3, 0.4) is 0 Å². The summed E-state index contributed by atoms with van der Waals surface area (Å²) in [6.07, 6.45) is 4.08. The van der Waals surface area contributed by atoms with Crippen LogP contribution in [0.15, 0.2) is 54.6 Å². The number of carbonyl (C=O) groups is 1. The van der Waals surface area contributed by atoms with Crippen molar-refractivity contribution in [2.75, 3.05) is 13.1 Å². The van der Waals surface area contributed by atoms with E-state index in [-0.39, 0.29) is 11.9 Å². The van der Waals surface area contributed by atoms with Crippen LogP contribution in [0.4, 0.5) is 0 Å². The Morgan fingerprint density at radius 3 is 2.56 bits per heavy atom. The van der Waals surface area contributed by atoms with Gasteiger partial charge in [0.25, 0.3) is 0 Å². The molecule has 4 heteroatoms. The van der Waals surface area contributed by atoms with E-state index in [4.69, 9.17) is 4.74 Å². The maximum atomic E-state index is 12.1. The third-order valence-electron chi connectivity index (χ3n) is 4.51. The van der Waals surface area contributed by atoms with Crippen LogP contribution in [0, 0.1) is 0 Å². The fourth-order valence-electron chi connectivity index (χ4n) is 3.02. The number of amides is 1. The molecular weight excluding hydrogens is 312 g/mol. The van der Waals surface area contributed by atoms with Crippen molar-refractivity contribution in [3.63, 3.8) is 0 Å². The summed E-state index contributed by atoms with van der Waals surface area (Å²) < 4.78 is 5.79. The summed E-state index contributed by atoms with van der Waals surface area (Å²) in [7, 11) is 0. The monoisotopic (exact) mass is 338 g/mol. The maximum absolute atomic E-state index is 12.1. The van der Waals surface area contributed by atoms with Gasteiger partial charge in [0.15, 0.2) is 0 Å². The summed E-state index contributed by atoms with van der Waals surface area (Å²) in [5.74, 6) is 0.991. The van der Waals surface area contributed by atoms with Crippen molar-refractivity contribution in [3.05, 3.63) is 65.7 Å². The lowest BCUT2D eigenvalue weighted by atomic mass is 10.0. The average Bonchev–Trinajstić information content (AvgIpc) is 2.69. The van der Waals surface area contributed by atoms with Crippen molar-refractivity contribution in [1.29, 1.82) is 0 Å². The van der Waals surface area contributed by atoms with Gasteiger partial charge in [0.05, 0.1) is 6.04 Å². The Labute approximate surface area is 149 Å². The summed E-state index contributed by atoms with van der Waals surface area (Å²) in [6, 6.07) is 18.2. The number of hydrogen-bond donors (Lipinski definition) is 2. The molecule has 2 aromatic rings. The van der Waals surface area contributed by atoms with E-state index >= 15 is 0 Å². The Kier molecular flexibility index (Phi) is 6.46. The molecule has 1 heterocycles. The normalized spacial score (nSPS) is 17.0. The van der Waals surface area contributed by atoms with Crippen LogP contribution in [0.5, 0.6) is 5.75 Å². The predicted molar refractivity (Wildman–Crippen MR) is 99.6 cm³/mol. The highest BCUT2D eigenvalue weighted by Gasteiger charge is 2.19. The molecule has 0 bridgehead atoms. The highest BCUT2D eigenvalue weighted by molar-refractivity contribution is 5.81. The van der Waals surface area contributed by atoms with E-state index in [2.05, 4.69) is 34.9 Å². The van der Waals surface area contributed by atoms with Gasteiger partial charge in [0.1, 0.15) is 12.4 Å². The lowest BCUT2D eigenvalue weighted by Crippen LogP contribution is -2.47. The van der Waals surface area contributed by atoms with Crippen molar-refractivity contribution in [2.24, 2.45) is 0 Å². The molecule has 0 radical (unpaired) electrons. The SMILES string of the molecule is O=C(NCCc1ccc(OCc2ccccc2)cc1)[C@@H]1CCCCN1. The molecule has 132 valence electrons. The molecule has 1 aliphatic heterocycles.